The van der Waals surface area contributed by atoms with Gasteiger partial charge in [0, 0.05) is 36.9 Å². The molecule has 0 spiro atoms. The molecule has 0 aliphatic heterocycles. The molecule has 35 heavy (non-hydrogen) atoms. The molecule has 1 N–H and O–H groups in total. The summed E-state index contributed by atoms with van der Waals surface area (Å²) in [4.78, 5) is 28.8. The molecule has 0 aromatic heterocycles. The molecule has 2 unspecified atom stereocenters. The lowest BCUT2D eigenvalue weighted by molar-refractivity contribution is -0.141. The number of nitrogens with zero attached hydrogens (tertiary/aromatic N) is 1. The van der Waals surface area contributed by atoms with Crippen LogP contribution in [-0.4, -0.2) is 34.6 Å². The van der Waals surface area contributed by atoms with Crippen LogP contribution in [-0.2, 0) is 28.3 Å². The zero-order chi connectivity index (χ0) is 24.9. The molecule has 0 heterocycles. The topological polar surface area (TPSA) is 49.4 Å². The Morgan fingerprint density at radius 1 is 0.829 bits per heavy atom. The van der Waals surface area contributed by atoms with E-state index in [1.807, 2.05) is 92.7 Å². The first kappa shape index (κ1) is 26.6. The van der Waals surface area contributed by atoms with E-state index in [0.29, 0.717) is 25.1 Å². The molecule has 0 saturated heterocycles. The van der Waals surface area contributed by atoms with Crippen LogP contribution < -0.4 is 5.32 Å². The second-order valence-electron chi connectivity index (χ2n) is 8.82. The van der Waals surface area contributed by atoms with Gasteiger partial charge in [0.2, 0.25) is 11.8 Å². The normalized spacial score (nSPS) is 12.5. The number of hydrogen-bond donors (Lipinski definition) is 1. The Bertz CT molecular complexity index is 1030. The Morgan fingerprint density at radius 3 is 1.94 bits per heavy atom. The van der Waals surface area contributed by atoms with E-state index in [1.165, 1.54) is 5.56 Å². The first-order chi connectivity index (χ1) is 17.1. The van der Waals surface area contributed by atoms with Gasteiger partial charge in [-0.3, -0.25) is 9.59 Å². The fourth-order valence-electron chi connectivity index (χ4n) is 3.84. The summed E-state index contributed by atoms with van der Waals surface area (Å²) in [5, 5.41) is 3.12. The fraction of sp³-hybridized carbons (Fsp3) is 0.333. The molecule has 4 nitrogen and oxygen atoms in total. The van der Waals surface area contributed by atoms with E-state index in [-0.39, 0.29) is 17.9 Å². The molecule has 3 aromatic carbocycles. The van der Waals surface area contributed by atoms with Crippen molar-refractivity contribution < 1.29 is 9.59 Å². The lowest BCUT2D eigenvalue weighted by atomic mass is 10.0. The molecule has 5 heteroatoms. The smallest absolute Gasteiger partial charge is 0.243 e. The Kier molecular flexibility index (Phi) is 10.9. The highest BCUT2D eigenvalue weighted by Gasteiger charge is 2.30. The summed E-state index contributed by atoms with van der Waals surface area (Å²) in [5.74, 6) is 1.50. The largest absolute Gasteiger partial charge is 0.352 e. The van der Waals surface area contributed by atoms with Crippen molar-refractivity contribution in [1.29, 1.82) is 0 Å². The first-order valence-corrected chi connectivity index (χ1v) is 13.5. The van der Waals surface area contributed by atoms with E-state index in [2.05, 4.69) is 17.4 Å². The molecule has 0 aliphatic carbocycles. The third-order valence-electron chi connectivity index (χ3n) is 6.04. The molecule has 2 amide bonds. The van der Waals surface area contributed by atoms with Crippen LogP contribution in [0.15, 0.2) is 91.0 Å². The lowest BCUT2D eigenvalue weighted by Crippen LogP contribution is -2.52. The number of hydrogen-bond acceptors (Lipinski definition) is 3. The quantitative estimate of drug-likeness (QED) is 0.306. The van der Waals surface area contributed by atoms with E-state index in [4.69, 9.17) is 0 Å². The number of carbonyl (C=O) groups excluding carboxylic acids is 2. The van der Waals surface area contributed by atoms with Gasteiger partial charge in [-0.15, -0.1) is 0 Å². The van der Waals surface area contributed by atoms with Crippen molar-refractivity contribution in [2.45, 2.75) is 57.5 Å². The zero-order valence-electron chi connectivity index (χ0n) is 20.7. The molecular formula is C30H36N2O2S. The predicted molar refractivity (Wildman–Crippen MR) is 146 cm³/mol. The molecule has 3 aromatic rings. The highest BCUT2D eigenvalue weighted by Crippen LogP contribution is 2.18. The minimum atomic E-state index is -0.571. The molecule has 2 atom stereocenters. The Morgan fingerprint density at radius 2 is 1.37 bits per heavy atom. The van der Waals surface area contributed by atoms with Crippen molar-refractivity contribution in [1.82, 2.24) is 10.2 Å². The van der Waals surface area contributed by atoms with E-state index in [0.717, 1.165) is 23.3 Å². The van der Waals surface area contributed by atoms with Gasteiger partial charge in [0.25, 0.3) is 0 Å². The summed E-state index contributed by atoms with van der Waals surface area (Å²) < 4.78 is 0. The predicted octanol–water partition coefficient (Wildman–Crippen LogP) is 5.86. The van der Waals surface area contributed by atoms with Crippen molar-refractivity contribution in [2.75, 3.05) is 5.75 Å². The van der Waals surface area contributed by atoms with Gasteiger partial charge < -0.3 is 10.2 Å². The Balaban J connectivity index is 1.78. The van der Waals surface area contributed by atoms with Crippen LogP contribution >= 0.6 is 11.8 Å². The minimum Gasteiger partial charge on any atom is -0.352 e. The third-order valence-corrected chi connectivity index (χ3v) is 7.07. The molecule has 0 fully saturated rings. The van der Waals surface area contributed by atoms with Gasteiger partial charge in [-0.2, -0.15) is 11.8 Å². The van der Waals surface area contributed by atoms with Crippen molar-refractivity contribution in [2.24, 2.45) is 0 Å². The van der Waals surface area contributed by atoms with Crippen LogP contribution in [0, 0.1) is 0 Å². The standard InChI is InChI=1S/C30H36N2O2S/c1-3-24(2)31-30(34)28(21-25-13-7-4-8-14-25)32(22-26-15-9-5-10-16-26)29(33)19-20-35-23-27-17-11-6-12-18-27/h4-18,24,28H,3,19-23H2,1-2H3,(H,31,34). The van der Waals surface area contributed by atoms with Crippen molar-refractivity contribution >= 4 is 23.6 Å². The van der Waals surface area contributed by atoms with Crippen LogP contribution in [0.2, 0.25) is 0 Å². The van der Waals surface area contributed by atoms with Gasteiger partial charge in [-0.25, -0.2) is 0 Å². The van der Waals surface area contributed by atoms with Gasteiger partial charge in [-0.05, 0) is 30.0 Å². The third kappa shape index (κ3) is 8.91. The first-order valence-electron chi connectivity index (χ1n) is 12.4. The highest BCUT2D eigenvalue weighted by atomic mass is 32.2. The molecule has 0 aliphatic rings. The number of rotatable bonds is 13. The second kappa shape index (κ2) is 14.4. The number of amides is 2. The van der Waals surface area contributed by atoms with Gasteiger partial charge in [0.1, 0.15) is 6.04 Å². The molecule has 3 rings (SSSR count). The van der Waals surface area contributed by atoms with Gasteiger partial charge in [-0.1, -0.05) is 97.9 Å². The average molecular weight is 489 g/mol. The molecule has 184 valence electrons. The molecule has 0 saturated carbocycles. The molecular weight excluding hydrogens is 452 g/mol. The lowest BCUT2D eigenvalue weighted by Gasteiger charge is -2.32. The van der Waals surface area contributed by atoms with Crippen LogP contribution in [0.1, 0.15) is 43.4 Å². The molecule has 0 radical (unpaired) electrons. The molecule has 0 bridgehead atoms. The summed E-state index contributed by atoms with van der Waals surface area (Å²) in [6.45, 7) is 4.46. The highest BCUT2D eigenvalue weighted by molar-refractivity contribution is 7.98. The van der Waals surface area contributed by atoms with Gasteiger partial charge in [0.05, 0.1) is 0 Å². The van der Waals surface area contributed by atoms with Gasteiger partial charge >= 0.3 is 0 Å². The Labute approximate surface area is 214 Å². The van der Waals surface area contributed by atoms with Gasteiger partial charge in [0.15, 0.2) is 0 Å². The van der Waals surface area contributed by atoms with E-state index in [9.17, 15) is 9.59 Å². The maximum absolute atomic E-state index is 13.6. The number of carbonyl (C=O) groups is 2. The summed E-state index contributed by atoms with van der Waals surface area (Å²) in [6, 6.07) is 29.6. The van der Waals surface area contributed by atoms with E-state index < -0.39 is 6.04 Å². The van der Waals surface area contributed by atoms with Crippen LogP contribution in [0.5, 0.6) is 0 Å². The maximum atomic E-state index is 13.6. The minimum absolute atomic E-state index is 0.00893. The summed E-state index contributed by atoms with van der Waals surface area (Å²) in [5.41, 5.74) is 3.31. The average Bonchev–Trinajstić information content (AvgIpc) is 2.90. The van der Waals surface area contributed by atoms with Crippen molar-refractivity contribution in [3.05, 3.63) is 108 Å². The zero-order valence-corrected chi connectivity index (χ0v) is 21.5. The summed E-state index contributed by atoms with van der Waals surface area (Å²) >= 11 is 1.75. The summed E-state index contributed by atoms with van der Waals surface area (Å²) in [6.07, 6.45) is 1.72. The van der Waals surface area contributed by atoms with Crippen LogP contribution in [0.4, 0.5) is 0 Å². The number of thioether (sulfide) groups is 1. The van der Waals surface area contributed by atoms with Crippen LogP contribution in [0.25, 0.3) is 0 Å². The maximum Gasteiger partial charge on any atom is 0.243 e. The van der Waals surface area contributed by atoms with Crippen molar-refractivity contribution in [3.8, 4) is 0 Å². The van der Waals surface area contributed by atoms with Crippen LogP contribution in [0.3, 0.4) is 0 Å². The number of benzene rings is 3. The number of nitrogens with one attached hydrogen (secondary N) is 1. The monoisotopic (exact) mass is 488 g/mol. The van der Waals surface area contributed by atoms with E-state index in [1.54, 1.807) is 16.7 Å². The van der Waals surface area contributed by atoms with E-state index >= 15 is 0 Å². The summed E-state index contributed by atoms with van der Waals surface area (Å²) in [7, 11) is 0. The Hall–Kier alpha value is -3.05. The fourth-order valence-corrected chi connectivity index (χ4v) is 4.73. The second-order valence-corrected chi connectivity index (χ2v) is 9.92. The SMILES string of the molecule is CCC(C)NC(=O)C(Cc1ccccc1)N(Cc1ccccc1)C(=O)CCSCc1ccccc1. The van der Waals surface area contributed by atoms with Crippen molar-refractivity contribution in [3.63, 3.8) is 0 Å².